The van der Waals surface area contributed by atoms with E-state index in [1.54, 1.807) is 44.5 Å². The van der Waals surface area contributed by atoms with Gasteiger partial charge < -0.3 is 18.6 Å². The third-order valence-corrected chi connectivity index (χ3v) is 4.71. The third kappa shape index (κ3) is 3.42. The summed E-state index contributed by atoms with van der Waals surface area (Å²) in [7, 11) is 3.01. The van der Waals surface area contributed by atoms with Gasteiger partial charge in [0.05, 0.1) is 26.0 Å². The molecule has 0 aliphatic heterocycles. The molecule has 2 heterocycles. The Morgan fingerprint density at radius 3 is 2.46 bits per heavy atom. The van der Waals surface area contributed by atoms with Crippen LogP contribution in [-0.4, -0.2) is 40.3 Å². The SMILES string of the molecule is COC(=O)c1c(C)c(C(=O)C(C)N(Cc2ccco2)C(C)=O)c(C)n1C. The van der Waals surface area contributed by atoms with Crippen molar-refractivity contribution in [3.05, 3.63) is 46.7 Å². The number of carbonyl (C=O) groups excluding carboxylic acids is 3. The van der Waals surface area contributed by atoms with Gasteiger partial charge in [-0.3, -0.25) is 9.59 Å². The van der Waals surface area contributed by atoms with E-state index in [9.17, 15) is 14.4 Å². The number of carbonyl (C=O) groups is 3. The molecule has 7 heteroatoms. The van der Waals surface area contributed by atoms with Crippen LogP contribution in [0, 0.1) is 13.8 Å². The molecular weight excluding hydrogens is 336 g/mol. The Labute approximate surface area is 152 Å². The van der Waals surface area contributed by atoms with Crippen LogP contribution >= 0.6 is 0 Å². The molecule has 0 radical (unpaired) electrons. The molecule has 1 unspecified atom stereocenters. The number of ether oxygens (including phenoxy) is 1. The van der Waals surface area contributed by atoms with Crippen molar-refractivity contribution in [2.24, 2.45) is 7.05 Å². The fourth-order valence-corrected chi connectivity index (χ4v) is 3.17. The molecule has 1 amide bonds. The third-order valence-electron chi connectivity index (χ3n) is 4.71. The summed E-state index contributed by atoms with van der Waals surface area (Å²) in [5.74, 6) is -0.371. The second kappa shape index (κ2) is 7.59. The quantitative estimate of drug-likeness (QED) is 0.584. The van der Waals surface area contributed by atoms with Crippen LogP contribution in [0.5, 0.6) is 0 Å². The number of ketones is 1. The molecule has 26 heavy (non-hydrogen) atoms. The Balaban J connectivity index is 2.40. The Kier molecular flexibility index (Phi) is 5.69. The number of hydrogen-bond acceptors (Lipinski definition) is 5. The van der Waals surface area contributed by atoms with Crippen LogP contribution in [0.2, 0.25) is 0 Å². The van der Waals surface area contributed by atoms with Crippen LogP contribution in [0.25, 0.3) is 0 Å². The molecule has 2 aromatic rings. The van der Waals surface area contributed by atoms with Gasteiger partial charge in [-0.15, -0.1) is 0 Å². The van der Waals surface area contributed by atoms with Crippen molar-refractivity contribution in [3.63, 3.8) is 0 Å². The Bertz CT molecular complexity index is 833. The summed E-state index contributed by atoms with van der Waals surface area (Å²) in [6.07, 6.45) is 1.52. The molecule has 0 aromatic carbocycles. The molecule has 1 atom stereocenters. The van der Waals surface area contributed by atoms with Crippen LogP contribution in [0.1, 0.15) is 51.7 Å². The zero-order valence-corrected chi connectivity index (χ0v) is 16.0. The van der Waals surface area contributed by atoms with Crippen LogP contribution in [-0.2, 0) is 23.1 Å². The number of Topliss-reactive ketones (excluding diaryl/α,β-unsaturated/α-hetero) is 1. The summed E-state index contributed by atoms with van der Waals surface area (Å²) in [4.78, 5) is 38.7. The molecule has 7 nitrogen and oxygen atoms in total. The molecule has 0 N–H and O–H groups in total. The molecule has 0 fully saturated rings. The summed E-state index contributed by atoms with van der Waals surface area (Å²) in [5.41, 5.74) is 1.98. The average molecular weight is 360 g/mol. The van der Waals surface area contributed by atoms with Crippen molar-refractivity contribution >= 4 is 17.7 Å². The minimum Gasteiger partial charge on any atom is -0.467 e. The highest BCUT2D eigenvalue weighted by Gasteiger charge is 2.31. The standard InChI is InChI=1S/C19H24N2O5/c1-11-16(12(2)20(5)17(11)19(24)25-6)18(23)13(3)21(14(4)22)10-15-8-7-9-26-15/h7-9,13H,10H2,1-6H3. The van der Waals surface area contributed by atoms with E-state index < -0.39 is 12.0 Å². The molecule has 140 valence electrons. The maximum Gasteiger partial charge on any atom is 0.354 e. The van der Waals surface area contributed by atoms with Crippen LogP contribution in [0.15, 0.2) is 22.8 Å². The van der Waals surface area contributed by atoms with Gasteiger partial charge in [-0.05, 0) is 38.5 Å². The molecule has 0 bridgehead atoms. The Hall–Kier alpha value is -2.83. The second-order valence-corrected chi connectivity index (χ2v) is 6.25. The van der Waals surface area contributed by atoms with E-state index >= 15 is 0 Å². The molecule has 0 aliphatic rings. The largest absolute Gasteiger partial charge is 0.467 e. The van der Waals surface area contributed by atoms with E-state index in [0.29, 0.717) is 28.3 Å². The van der Waals surface area contributed by atoms with Crippen molar-refractivity contribution in [1.82, 2.24) is 9.47 Å². The van der Waals surface area contributed by atoms with Gasteiger partial charge in [0.15, 0.2) is 5.78 Å². The molecular formula is C19H24N2O5. The van der Waals surface area contributed by atoms with Crippen molar-refractivity contribution in [2.45, 2.75) is 40.3 Å². The fraction of sp³-hybridized carbons (Fsp3) is 0.421. The highest BCUT2D eigenvalue weighted by Crippen LogP contribution is 2.25. The van der Waals surface area contributed by atoms with Crippen molar-refractivity contribution in [2.75, 3.05) is 7.11 Å². The average Bonchev–Trinajstić information content (AvgIpc) is 3.18. The summed E-state index contributed by atoms with van der Waals surface area (Å²) in [6.45, 7) is 6.77. The smallest absolute Gasteiger partial charge is 0.354 e. The first-order valence-corrected chi connectivity index (χ1v) is 8.28. The first kappa shape index (κ1) is 19.5. The van der Waals surface area contributed by atoms with Gasteiger partial charge in [0.25, 0.3) is 0 Å². The molecule has 2 rings (SSSR count). The summed E-state index contributed by atoms with van der Waals surface area (Å²) < 4.78 is 11.8. The van der Waals surface area contributed by atoms with Crippen LogP contribution in [0.3, 0.4) is 0 Å². The summed E-state index contributed by atoms with van der Waals surface area (Å²) in [6, 6.07) is 2.78. The minimum absolute atomic E-state index is 0.198. The lowest BCUT2D eigenvalue weighted by Gasteiger charge is -2.26. The van der Waals surface area contributed by atoms with Crippen molar-refractivity contribution in [3.8, 4) is 0 Å². The van der Waals surface area contributed by atoms with E-state index in [4.69, 9.17) is 9.15 Å². The number of aromatic nitrogens is 1. The Morgan fingerprint density at radius 1 is 1.31 bits per heavy atom. The predicted molar refractivity (Wildman–Crippen MR) is 95.0 cm³/mol. The first-order valence-electron chi connectivity index (χ1n) is 8.28. The van der Waals surface area contributed by atoms with E-state index in [1.165, 1.54) is 25.2 Å². The zero-order valence-electron chi connectivity index (χ0n) is 16.0. The molecule has 2 aromatic heterocycles. The molecule has 0 saturated heterocycles. The van der Waals surface area contributed by atoms with E-state index in [0.717, 1.165) is 0 Å². The lowest BCUT2D eigenvalue weighted by molar-refractivity contribution is -0.131. The zero-order chi connectivity index (χ0) is 19.6. The van der Waals surface area contributed by atoms with Gasteiger partial charge in [-0.2, -0.15) is 0 Å². The predicted octanol–water partition coefficient (Wildman–Crippen LogP) is 2.64. The van der Waals surface area contributed by atoms with Gasteiger partial charge in [0.1, 0.15) is 11.5 Å². The number of esters is 1. The number of rotatable bonds is 6. The number of methoxy groups -OCH3 is 1. The number of nitrogens with zero attached hydrogens (tertiary/aromatic N) is 2. The molecule has 0 aliphatic carbocycles. The lowest BCUT2D eigenvalue weighted by Crippen LogP contribution is -2.41. The maximum absolute atomic E-state index is 13.1. The highest BCUT2D eigenvalue weighted by atomic mass is 16.5. The van der Waals surface area contributed by atoms with Crippen molar-refractivity contribution < 1.29 is 23.5 Å². The topological polar surface area (TPSA) is 81.8 Å². The maximum atomic E-state index is 13.1. The summed E-state index contributed by atoms with van der Waals surface area (Å²) in [5, 5.41) is 0. The highest BCUT2D eigenvalue weighted by molar-refractivity contribution is 6.06. The minimum atomic E-state index is -0.706. The number of hydrogen-bond donors (Lipinski definition) is 0. The summed E-state index contributed by atoms with van der Waals surface area (Å²) >= 11 is 0. The van der Waals surface area contributed by atoms with Crippen molar-refractivity contribution in [1.29, 1.82) is 0 Å². The molecule has 0 spiro atoms. The normalized spacial score (nSPS) is 11.9. The van der Waals surface area contributed by atoms with Crippen LogP contribution < -0.4 is 0 Å². The van der Waals surface area contributed by atoms with Gasteiger partial charge in [0, 0.05) is 25.2 Å². The first-order chi connectivity index (χ1) is 12.2. The van der Waals surface area contributed by atoms with Gasteiger partial charge >= 0.3 is 5.97 Å². The second-order valence-electron chi connectivity index (χ2n) is 6.25. The molecule has 0 saturated carbocycles. The fourth-order valence-electron chi connectivity index (χ4n) is 3.17. The van der Waals surface area contributed by atoms with Gasteiger partial charge in [0.2, 0.25) is 5.91 Å². The monoisotopic (exact) mass is 360 g/mol. The Morgan fingerprint density at radius 2 is 1.96 bits per heavy atom. The van der Waals surface area contributed by atoms with Gasteiger partial charge in [-0.1, -0.05) is 0 Å². The van der Waals surface area contributed by atoms with E-state index in [2.05, 4.69) is 0 Å². The van der Waals surface area contributed by atoms with Gasteiger partial charge in [-0.25, -0.2) is 4.79 Å². The lowest BCUT2D eigenvalue weighted by atomic mass is 9.99. The number of amides is 1. The van der Waals surface area contributed by atoms with Crippen LogP contribution in [0.4, 0.5) is 0 Å². The van der Waals surface area contributed by atoms with E-state index in [-0.39, 0.29) is 18.2 Å². The number of furan rings is 1. The van der Waals surface area contributed by atoms with E-state index in [1.807, 2.05) is 0 Å².